The Balaban J connectivity index is 0.000000921. The van der Waals surface area contributed by atoms with Gasteiger partial charge in [-0.15, -0.1) is 0 Å². The molecule has 0 aromatic heterocycles. The van der Waals surface area contributed by atoms with Gasteiger partial charge in [0.1, 0.15) is 5.82 Å². The fraction of sp³-hybridized carbons (Fsp3) is 0.294. The summed E-state index contributed by atoms with van der Waals surface area (Å²) in [7, 11) is 0. The van der Waals surface area contributed by atoms with E-state index in [1.54, 1.807) is 19.1 Å². The van der Waals surface area contributed by atoms with E-state index in [9.17, 15) is 13.2 Å². The van der Waals surface area contributed by atoms with Crippen LogP contribution in [0.25, 0.3) is 16.8 Å². The minimum absolute atomic E-state index is 0.0972. The maximum absolute atomic E-state index is 13.6. The van der Waals surface area contributed by atoms with Crippen LogP contribution in [0.15, 0.2) is 30.3 Å². The quantitative estimate of drug-likeness (QED) is 0.627. The van der Waals surface area contributed by atoms with Crippen molar-refractivity contribution in [1.29, 1.82) is 0 Å². The number of fused-ring (bicyclic) bond motifs is 1. The summed E-state index contributed by atoms with van der Waals surface area (Å²) >= 11 is 0. The van der Waals surface area contributed by atoms with Crippen molar-refractivity contribution in [1.82, 2.24) is 0 Å². The van der Waals surface area contributed by atoms with Crippen LogP contribution in [-0.2, 0) is 0 Å². The van der Waals surface area contributed by atoms with Crippen LogP contribution in [0.3, 0.4) is 0 Å². The summed E-state index contributed by atoms with van der Waals surface area (Å²) in [5.41, 5.74) is 6.76. The highest BCUT2D eigenvalue weighted by Gasteiger charge is 2.10. The fourth-order valence-electron chi connectivity index (χ4n) is 1.96. The van der Waals surface area contributed by atoms with Gasteiger partial charge in [0.25, 0.3) is 6.08 Å². The van der Waals surface area contributed by atoms with Gasteiger partial charge < -0.3 is 5.73 Å². The monoisotopic (exact) mass is 297 g/mol. The van der Waals surface area contributed by atoms with Gasteiger partial charge in [-0.1, -0.05) is 33.8 Å². The highest BCUT2D eigenvalue weighted by molar-refractivity contribution is 5.95. The zero-order valence-corrected chi connectivity index (χ0v) is 13.1. The molecule has 0 aliphatic rings. The molecule has 0 aliphatic heterocycles. The Morgan fingerprint density at radius 2 is 1.62 bits per heavy atom. The Morgan fingerprint density at radius 3 is 2.14 bits per heavy atom. The van der Waals surface area contributed by atoms with Crippen molar-refractivity contribution in [2.24, 2.45) is 0 Å². The molecule has 4 heteroatoms. The lowest BCUT2D eigenvalue weighted by Crippen LogP contribution is -1.92. The van der Waals surface area contributed by atoms with E-state index in [1.165, 1.54) is 6.07 Å². The van der Waals surface area contributed by atoms with Crippen molar-refractivity contribution >= 4 is 22.5 Å². The van der Waals surface area contributed by atoms with E-state index in [0.717, 1.165) is 6.07 Å². The van der Waals surface area contributed by atoms with Crippen LogP contribution in [0.1, 0.15) is 38.8 Å². The van der Waals surface area contributed by atoms with Gasteiger partial charge in [0.15, 0.2) is 0 Å². The molecule has 0 amide bonds. The second kappa shape index (κ2) is 9.06. The van der Waals surface area contributed by atoms with E-state index in [-0.39, 0.29) is 5.56 Å². The molecule has 21 heavy (non-hydrogen) atoms. The van der Waals surface area contributed by atoms with E-state index in [0.29, 0.717) is 28.1 Å². The molecule has 0 saturated heterocycles. The van der Waals surface area contributed by atoms with Gasteiger partial charge in [0.05, 0.1) is 0 Å². The number of hydrogen-bond donors (Lipinski definition) is 1. The van der Waals surface area contributed by atoms with E-state index in [2.05, 4.69) is 0 Å². The molecule has 0 unspecified atom stereocenters. The Bertz CT molecular complexity index is 615. The van der Waals surface area contributed by atoms with Crippen LogP contribution < -0.4 is 5.73 Å². The first-order valence-electron chi connectivity index (χ1n) is 7.00. The number of nitrogens with two attached hydrogens (primary N) is 1. The largest absolute Gasteiger partial charge is 0.399 e. The Kier molecular flexibility index (Phi) is 8.21. The van der Waals surface area contributed by atoms with Gasteiger partial charge in [0, 0.05) is 17.3 Å². The zero-order chi connectivity index (χ0) is 16.6. The topological polar surface area (TPSA) is 26.0 Å². The van der Waals surface area contributed by atoms with Crippen molar-refractivity contribution < 1.29 is 13.2 Å². The minimum Gasteiger partial charge on any atom is -0.399 e. The van der Waals surface area contributed by atoms with Crippen molar-refractivity contribution in [2.45, 2.75) is 34.6 Å². The number of nitrogen functional groups attached to an aromatic ring is 1. The number of rotatable bonds is 1. The highest BCUT2D eigenvalue weighted by Crippen LogP contribution is 2.29. The van der Waals surface area contributed by atoms with E-state index in [1.807, 2.05) is 27.7 Å². The smallest absolute Gasteiger partial charge is 0.271 e. The molecule has 2 N–H and O–H groups in total. The van der Waals surface area contributed by atoms with Gasteiger partial charge in [-0.2, -0.15) is 8.78 Å². The minimum atomic E-state index is -1.92. The van der Waals surface area contributed by atoms with Crippen LogP contribution >= 0.6 is 0 Å². The highest BCUT2D eigenvalue weighted by atomic mass is 19.3. The summed E-state index contributed by atoms with van der Waals surface area (Å²) < 4.78 is 38.2. The van der Waals surface area contributed by atoms with Crippen LogP contribution in [0.5, 0.6) is 0 Å². The summed E-state index contributed by atoms with van der Waals surface area (Å²) in [6, 6.07) is 5.96. The van der Waals surface area contributed by atoms with Gasteiger partial charge in [-0.05, 0) is 41.5 Å². The fourth-order valence-corrected chi connectivity index (χ4v) is 1.96. The number of halogens is 3. The number of anilines is 1. The second-order valence-corrected chi connectivity index (χ2v) is 3.83. The maximum atomic E-state index is 13.6. The molecule has 2 rings (SSSR count). The molecule has 0 atom stereocenters. The van der Waals surface area contributed by atoms with Crippen LogP contribution in [-0.4, -0.2) is 0 Å². The van der Waals surface area contributed by atoms with Crippen LogP contribution in [0.4, 0.5) is 18.9 Å². The first-order chi connectivity index (χ1) is 9.99. The maximum Gasteiger partial charge on any atom is 0.271 e. The molecule has 0 aliphatic carbocycles. The van der Waals surface area contributed by atoms with E-state index < -0.39 is 11.9 Å². The van der Waals surface area contributed by atoms with Crippen molar-refractivity contribution in [3.63, 3.8) is 0 Å². The first kappa shape index (κ1) is 19.0. The molecule has 0 fully saturated rings. The predicted molar refractivity (Wildman–Crippen MR) is 85.9 cm³/mol. The summed E-state index contributed by atoms with van der Waals surface area (Å²) in [4.78, 5) is 0. The van der Waals surface area contributed by atoms with Crippen molar-refractivity contribution in [3.8, 4) is 0 Å². The Labute approximate surface area is 124 Å². The third-order valence-corrected chi connectivity index (χ3v) is 2.58. The Morgan fingerprint density at radius 1 is 1.05 bits per heavy atom. The molecular weight excluding hydrogens is 275 g/mol. The molecule has 2 aromatic carbocycles. The third kappa shape index (κ3) is 4.81. The molecule has 0 bridgehead atoms. The van der Waals surface area contributed by atoms with Crippen molar-refractivity contribution in [3.05, 3.63) is 47.3 Å². The van der Waals surface area contributed by atoms with E-state index >= 15 is 0 Å². The molecule has 1 nitrogen and oxygen atoms in total. The lowest BCUT2D eigenvalue weighted by molar-refractivity contribution is 0.429. The summed E-state index contributed by atoms with van der Waals surface area (Å²) in [6.07, 6.45) is -1.38. The molecular formula is C17H22F3N. The second-order valence-electron chi connectivity index (χ2n) is 3.83. The predicted octanol–water partition coefficient (Wildman–Crippen LogP) is 6.16. The first-order valence-corrected chi connectivity index (χ1v) is 7.00. The molecule has 0 spiro atoms. The average Bonchev–Trinajstić information content (AvgIpc) is 2.45. The molecule has 2 aromatic rings. The van der Waals surface area contributed by atoms with Crippen molar-refractivity contribution in [2.75, 3.05) is 5.73 Å². The molecule has 0 saturated carbocycles. The normalized spacial score (nSPS) is 9.14. The molecule has 0 radical (unpaired) electrons. The molecule has 0 heterocycles. The summed E-state index contributed by atoms with van der Waals surface area (Å²) in [6.45, 7) is 9.71. The lowest BCUT2D eigenvalue weighted by atomic mass is 9.98. The third-order valence-electron chi connectivity index (χ3n) is 2.58. The van der Waals surface area contributed by atoms with Crippen LogP contribution in [0.2, 0.25) is 0 Å². The Hall–Kier alpha value is -1.97. The average molecular weight is 297 g/mol. The number of benzene rings is 2. The SMILES string of the molecule is CC.CC.Cc1cc(N)cc2ccc(F)c(C=C(F)F)c12. The number of aryl methyl sites for hydroxylation is 1. The van der Waals surface area contributed by atoms with Gasteiger partial charge >= 0.3 is 0 Å². The van der Waals surface area contributed by atoms with Crippen LogP contribution in [0, 0.1) is 12.7 Å². The van der Waals surface area contributed by atoms with Gasteiger partial charge in [-0.25, -0.2) is 4.39 Å². The van der Waals surface area contributed by atoms with E-state index in [4.69, 9.17) is 5.73 Å². The standard InChI is InChI=1S/C13H10F3N.2C2H6/c1-7-4-9(17)5-8-2-3-11(14)10(13(7)8)6-12(15)16;2*1-2/h2-6H,17H2,1H3;2*1-2H3. The molecule has 116 valence electrons. The van der Waals surface area contributed by atoms with Gasteiger partial charge in [0.2, 0.25) is 0 Å². The lowest BCUT2D eigenvalue weighted by Gasteiger charge is -2.08. The summed E-state index contributed by atoms with van der Waals surface area (Å²) in [5.74, 6) is -0.668. The van der Waals surface area contributed by atoms with Gasteiger partial charge in [-0.3, -0.25) is 0 Å². The summed E-state index contributed by atoms with van der Waals surface area (Å²) in [5, 5.41) is 1.11. The number of hydrogen-bond acceptors (Lipinski definition) is 1. The zero-order valence-electron chi connectivity index (χ0n) is 13.1.